The van der Waals surface area contributed by atoms with Crippen LogP contribution in [0.15, 0.2) is 24.3 Å². The average molecular weight is 310 g/mol. The van der Waals surface area contributed by atoms with Crippen molar-refractivity contribution in [2.75, 3.05) is 7.05 Å². The van der Waals surface area contributed by atoms with Crippen LogP contribution in [0.3, 0.4) is 0 Å². The highest BCUT2D eigenvalue weighted by molar-refractivity contribution is 6.30. The van der Waals surface area contributed by atoms with Crippen molar-refractivity contribution in [1.82, 2.24) is 4.90 Å². The van der Waals surface area contributed by atoms with Gasteiger partial charge in [0.1, 0.15) is 6.04 Å². The van der Waals surface area contributed by atoms with Crippen LogP contribution in [0.1, 0.15) is 38.2 Å². The lowest BCUT2D eigenvalue weighted by molar-refractivity contribution is -0.150. The van der Waals surface area contributed by atoms with Crippen molar-refractivity contribution in [1.29, 1.82) is 0 Å². The van der Waals surface area contributed by atoms with Gasteiger partial charge in [0.05, 0.1) is 5.41 Å². The first kappa shape index (κ1) is 15.8. The van der Waals surface area contributed by atoms with Crippen LogP contribution in [-0.2, 0) is 15.0 Å². The minimum atomic E-state index is -0.995. The maximum atomic E-state index is 12.9. The van der Waals surface area contributed by atoms with Gasteiger partial charge >= 0.3 is 5.97 Å². The van der Waals surface area contributed by atoms with Crippen molar-refractivity contribution in [3.63, 3.8) is 0 Å². The fourth-order valence-electron chi connectivity index (χ4n) is 3.07. The van der Waals surface area contributed by atoms with E-state index < -0.39 is 17.4 Å². The molecule has 0 bridgehead atoms. The Balaban J connectivity index is 2.39. The minimum Gasteiger partial charge on any atom is -0.480 e. The SMILES string of the molecule is CC(C(=O)O)N(C)C(=O)C1(c2cccc(Cl)c2)CCCC1. The Morgan fingerprint density at radius 1 is 1.33 bits per heavy atom. The fourth-order valence-corrected chi connectivity index (χ4v) is 3.26. The van der Waals surface area contributed by atoms with Crippen LogP contribution in [0, 0.1) is 0 Å². The van der Waals surface area contributed by atoms with Gasteiger partial charge in [-0.15, -0.1) is 0 Å². The van der Waals surface area contributed by atoms with Crippen LogP contribution >= 0.6 is 11.6 Å². The molecule has 0 aromatic heterocycles. The molecule has 1 aliphatic carbocycles. The molecule has 1 aromatic rings. The first-order chi connectivity index (χ1) is 9.88. The summed E-state index contributed by atoms with van der Waals surface area (Å²) in [6.07, 6.45) is 3.41. The number of halogens is 1. The Hall–Kier alpha value is -1.55. The lowest BCUT2D eigenvalue weighted by atomic mass is 9.77. The Labute approximate surface area is 129 Å². The van der Waals surface area contributed by atoms with Crippen LogP contribution in [0.4, 0.5) is 0 Å². The number of carboxylic acids is 1. The first-order valence-corrected chi connectivity index (χ1v) is 7.52. The van der Waals surface area contributed by atoms with E-state index in [2.05, 4.69) is 0 Å². The van der Waals surface area contributed by atoms with Crippen molar-refractivity contribution in [3.05, 3.63) is 34.9 Å². The van der Waals surface area contributed by atoms with E-state index in [9.17, 15) is 9.59 Å². The van der Waals surface area contributed by atoms with Crippen LogP contribution in [-0.4, -0.2) is 35.0 Å². The molecule has 2 rings (SSSR count). The molecule has 1 N–H and O–H groups in total. The van der Waals surface area contributed by atoms with Gasteiger partial charge in [-0.25, -0.2) is 4.79 Å². The monoisotopic (exact) mass is 309 g/mol. The van der Waals surface area contributed by atoms with E-state index in [-0.39, 0.29) is 5.91 Å². The third-order valence-electron chi connectivity index (χ3n) is 4.50. The van der Waals surface area contributed by atoms with Gasteiger partial charge in [0.15, 0.2) is 0 Å². The average Bonchev–Trinajstić information content (AvgIpc) is 2.95. The third kappa shape index (κ3) is 2.91. The highest BCUT2D eigenvalue weighted by Crippen LogP contribution is 2.43. The van der Waals surface area contributed by atoms with Gasteiger partial charge < -0.3 is 10.0 Å². The standard InChI is InChI=1S/C16H20ClNO3/c1-11(14(19)20)18(2)15(21)16(8-3-4-9-16)12-6-5-7-13(17)10-12/h5-7,10-11H,3-4,8-9H2,1-2H3,(H,19,20). The summed E-state index contributed by atoms with van der Waals surface area (Å²) in [5.41, 5.74) is 0.255. The van der Waals surface area contributed by atoms with Crippen molar-refractivity contribution < 1.29 is 14.7 Å². The number of hydrogen-bond donors (Lipinski definition) is 1. The first-order valence-electron chi connectivity index (χ1n) is 7.14. The molecule has 0 saturated heterocycles. The van der Waals surface area contributed by atoms with Crippen LogP contribution in [0.5, 0.6) is 0 Å². The summed E-state index contributed by atoms with van der Waals surface area (Å²) < 4.78 is 0. The number of hydrogen-bond acceptors (Lipinski definition) is 2. The van der Waals surface area contributed by atoms with Crippen molar-refractivity contribution in [3.8, 4) is 0 Å². The second-order valence-corrected chi connectivity index (χ2v) is 6.17. The largest absolute Gasteiger partial charge is 0.480 e. The Morgan fingerprint density at radius 2 is 1.95 bits per heavy atom. The van der Waals surface area contributed by atoms with Crippen LogP contribution in [0.2, 0.25) is 5.02 Å². The number of nitrogens with zero attached hydrogens (tertiary/aromatic N) is 1. The smallest absolute Gasteiger partial charge is 0.326 e. The summed E-state index contributed by atoms with van der Waals surface area (Å²) in [7, 11) is 1.56. The highest BCUT2D eigenvalue weighted by Gasteiger charge is 2.45. The van der Waals surface area contributed by atoms with E-state index >= 15 is 0 Å². The van der Waals surface area contributed by atoms with Gasteiger partial charge in [-0.1, -0.05) is 36.6 Å². The van der Waals surface area contributed by atoms with Crippen molar-refractivity contribution >= 4 is 23.5 Å². The van der Waals surface area contributed by atoms with Gasteiger partial charge in [-0.05, 0) is 37.5 Å². The molecule has 0 aliphatic heterocycles. The predicted octanol–water partition coefficient (Wildman–Crippen LogP) is 3.08. The summed E-state index contributed by atoms with van der Waals surface area (Å²) in [6.45, 7) is 1.53. The number of carboxylic acid groups (broad SMARTS) is 1. The van der Waals surface area contributed by atoms with Gasteiger partial charge in [-0.2, -0.15) is 0 Å². The number of benzene rings is 1. The molecule has 114 valence electrons. The summed E-state index contributed by atoms with van der Waals surface area (Å²) in [5, 5.41) is 9.73. The molecule has 1 aromatic carbocycles. The number of carbonyl (C=O) groups is 2. The van der Waals surface area contributed by atoms with E-state index in [0.717, 1.165) is 31.2 Å². The lowest BCUT2D eigenvalue weighted by Gasteiger charge is -2.34. The summed E-state index contributed by atoms with van der Waals surface area (Å²) >= 11 is 6.06. The molecule has 4 nitrogen and oxygen atoms in total. The van der Waals surface area contributed by atoms with Crippen LogP contribution in [0.25, 0.3) is 0 Å². The zero-order valence-corrected chi connectivity index (χ0v) is 13.1. The van der Waals surface area contributed by atoms with E-state index in [1.165, 1.54) is 11.8 Å². The van der Waals surface area contributed by atoms with Crippen molar-refractivity contribution in [2.45, 2.75) is 44.1 Å². The molecule has 1 aliphatic rings. The van der Waals surface area contributed by atoms with Crippen LogP contribution < -0.4 is 0 Å². The minimum absolute atomic E-state index is 0.128. The van der Waals surface area contributed by atoms with Gasteiger partial charge in [0.25, 0.3) is 0 Å². The number of carbonyl (C=O) groups excluding carboxylic acids is 1. The Kier molecular flexibility index (Phi) is 4.57. The summed E-state index contributed by atoms with van der Waals surface area (Å²) in [5.74, 6) is -1.12. The molecular formula is C16H20ClNO3. The zero-order valence-electron chi connectivity index (χ0n) is 12.3. The quantitative estimate of drug-likeness (QED) is 0.930. The summed E-state index contributed by atoms with van der Waals surface area (Å²) in [6, 6.07) is 6.51. The van der Waals surface area contributed by atoms with Crippen molar-refractivity contribution in [2.24, 2.45) is 0 Å². The topological polar surface area (TPSA) is 57.6 Å². The molecule has 0 radical (unpaired) electrons. The molecule has 1 unspecified atom stereocenters. The number of aliphatic carboxylic acids is 1. The number of likely N-dealkylation sites (N-methyl/N-ethyl adjacent to an activating group) is 1. The van der Waals surface area contributed by atoms with E-state index in [4.69, 9.17) is 16.7 Å². The number of rotatable bonds is 4. The van der Waals surface area contributed by atoms with Gasteiger partial charge in [-0.3, -0.25) is 4.79 Å². The molecule has 0 spiro atoms. The maximum Gasteiger partial charge on any atom is 0.326 e. The molecule has 5 heteroatoms. The normalized spacial score (nSPS) is 18.2. The molecular weight excluding hydrogens is 290 g/mol. The Bertz CT molecular complexity index is 552. The van der Waals surface area contributed by atoms with Gasteiger partial charge in [0, 0.05) is 12.1 Å². The summed E-state index contributed by atoms with van der Waals surface area (Å²) in [4.78, 5) is 25.4. The van der Waals surface area contributed by atoms with E-state index in [1.54, 1.807) is 13.1 Å². The second-order valence-electron chi connectivity index (χ2n) is 5.73. The maximum absolute atomic E-state index is 12.9. The molecule has 1 atom stereocenters. The molecule has 0 heterocycles. The molecule has 1 saturated carbocycles. The third-order valence-corrected chi connectivity index (χ3v) is 4.74. The molecule has 21 heavy (non-hydrogen) atoms. The highest BCUT2D eigenvalue weighted by atomic mass is 35.5. The lowest BCUT2D eigenvalue weighted by Crippen LogP contribution is -2.49. The second kappa shape index (κ2) is 6.06. The Morgan fingerprint density at radius 3 is 2.48 bits per heavy atom. The van der Waals surface area contributed by atoms with Gasteiger partial charge in [0.2, 0.25) is 5.91 Å². The van der Waals surface area contributed by atoms with E-state index in [0.29, 0.717) is 5.02 Å². The fraction of sp³-hybridized carbons (Fsp3) is 0.500. The molecule has 1 amide bonds. The predicted molar refractivity (Wildman–Crippen MR) is 81.5 cm³/mol. The van der Waals surface area contributed by atoms with E-state index in [1.807, 2.05) is 18.2 Å². The zero-order chi connectivity index (χ0) is 15.6. The molecule has 1 fully saturated rings. The number of amides is 1.